The summed E-state index contributed by atoms with van der Waals surface area (Å²) in [4.78, 5) is 10.8. The zero-order valence-electron chi connectivity index (χ0n) is 7.69. The molecule has 0 aliphatic rings. The molecule has 72 valence electrons. The highest BCUT2D eigenvalue weighted by molar-refractivity contribution is 7.80. The van der Waals surface area contributed by atoms with Gasteiger partial charge >= 0.3 is 5.97 Å². The van der Waals surface area contributed by atoms with Crippen LogP contribution in [-0.4, -0.2) is 18.3 Å². The highest BCUT2D eigenvalue weighted by atomic mass is 32.1. The summed E-state index contributed by atoms with van der Waals surface area (Å²) < 4.78 is 4.81. The van der Waals surface area contributed by atoms with Crippen molar-refractivity contribution in [2.24, 2.45) is 0 Å². The predicted octanol–water partition coefficient (Wildman–Crippen LogP) is 2.15. The van der Waals surface area contributed by atoms with Crippen molar-refractivity contribution in [2.45, 2.75) is 6.92 Å². The van der Waals surface area contributed by atoms with E-state index in [0.717, 1.165) is 0 Å². The van der Waals surface area contributed by atoms with Gasteiger partial charge in [-0.25, -0.2) is 4.79 Å². The Labute approximate surface area is 84.4 Å². The molecule has 2 nitrogen and oxygen atoms in total. The molecule has 13 heavy (non-hydrogen) atoms. The van der Waals surface area contributed by atoms with Gasteiger partial charge in [-0.2, -0.15) is 12.6 Å². The molecular weight excluding hydrogens is 184 g/mol. The topological polar surface area (TPSA) is 26.3 Å². The van der Waals surface area contributed by atoms with Crippen LogP contribution < -0.4 is 0 Å². The van der Waals surface area contributed by atoms with Crippen molar-refractivity contribution in [2.75, 3.05) is 12.4 Å². The number of hydrogen-bond donors (Lipinski definition) is 1. The Hall–Kier alpha value is -0.960. The summed E-state index contributed by atoms with van der Waals surface area (Å²) in [5.74, 6) is 0.346. The van der Waals surface area contributed by atoms with E-state index in [2.05, 4.69) is 19.2 Å². The maximum Gasteiger partial charge on any atom is 0.333 e. The molecule has 0 amide bonds. The molecule has 0 spiro atoms. The lowest BCUT2D eigenvalue weighted by Gasteiger charge is -1.98. The van der Waals surface area contributed by atoms with E-state index in [1.54, 1.807) is 13.0 Å². The summed E-state index contributed by atoms with van der Waals surface area (Å²) in [7, 11) is 0. The van der Waals surface area contributed by atoms with Crippen LogP contribution >= 0.6 is 12.6 Å². The van der Waals surface area contributed by atoms with Gasteiger partial charge in [0, 0.05) is 11.3 Å². The van der Waals surface area contributed by atoms with Crippen LogP contribution in [0.4, 0.5) is 0 Å². The number of carbonyl (C=O) groups is 1. The molecule has 0 fully saturated rings. The molecule has 0 unspecified atom stereocenters. The van der Waals surface area contributed by atoms with E-state index >= 15 is 0 Å². The quantitative estimate of drug-likeness (QED) is 0.317. The van der Waals surface area contributed by atoms with Crippen LogP contribution in [0.2, 0.25) is 0 Å². The first-order chi connectivity index (χ1) is 6.18. The summed E-state index contributed by atoms with van der Waals surface area (Å²) in [5.41, 5.74) is 0.416. The maximum atomic E-state index is 10.8. The molecule has 3 heteroatoms. The predicted molar refractivity (Wildman–Crippen MR) is 57.9 cm³/mol. The van der Waals surface area contributed by atoms with E-state index in [1.807, 2.05) is 18.2 Å². The first kappa shape index (κ1) is 12.0. The van der Waals surface area contributed by atoms with Crippen molar-refractivity contribution >= 4 is 18.6 Å². The van der Waals surface area contributed by atoms with Gasteiger partial charge in [-0.05, 0) is 13.0 Å². The second kappa shape index (κ2) is 7.68. The van der Waals surface area contributed by atoms with Gasteiger partial charge in [-0.15, -0.1) is 0 Å². The molecule has 0 N–H and O–H groups in total. The Balaban J connectivity index is 3.56. The lowest BCUT2D eigenvalue weighted by Crippen LogP contribution is -2.04. The Kier molecular flexibility index (Phi) is 7.11. The minimum Gasteiger partial charge on any atom is -0.458 e. The summed E-state index contributed by atoms with van der Waals surface area (Å²) in [6, 6.07) is 0. The molecule has 0 aliphatic carbocycles. The minimum absolute atomic E-state index is 0.280. The molecule has 0 aromatic carbocycles. The van der Waals surface area contributed by atoms with Crippen LogP contribution in [0.15, 0.2) is 36.5 Å². The van der Waals surface area contributed by atoms with E-state index in [0.29, 0.717) is 11.3 Å². The third-order valence-corrected chi connectivity index (χ3v) is 1.36. The van der Waals surface area contributed by atoms with Crippen LogP contribution in [-0.2, 0) is 9.53 Å². The van der Waals surface area contributed by atoms with Crippen LogP contribution in [0.5, 0.6) is 0 Å². The van der Waals surface area contributed by atoms with Crippen molar-refractivity contribution in [1.82, 2.24) is 0 Å². The molecule has 0 saturated carbocycles. The number of rotatable bonds is 5. The van der Waals surface area contributed by atoms with E-state index in [1.165, 1.54) is 0 Å². The number of esters is 1. The van der Waals surface area contributed by atoms with Crippen molar-refractivity contribution in [3.63, 3.8) is 0 Å². The lowest BCUT2D eigenvalue weighted by atomic mass is 10.4. The van der Waals surface area contributed by atoms with Gasteiger partial charge in [0.15, 0.2) is 0 Å². The van der Waals surface area contributed by atoms with Gasteiger partial charge in [0.2, 0.25) is 0 Å². The zero-order valence-corrected chi connectivity index (χ0v) is 8.59. The number of ether oxygens (including phenoxy) is 1. The van der Waals surface area contributed by atoms with Crippen molar-refractivity contribution in [3.05, 3.63) is 36.5 Å². The van der Waals surface area contributed by atoms with Gasteiger partial charge < -0.3 is 4.74 Å². The molecule has 0 radical (unpaired) electrons. The summed E-state index contributed by atoms with van der Waals surface area (Å²) in [6.07, 6.45) is 7.30. The summed E-state index contributed by atoms with van der Waals surface area (Å²) in [5, 5.41) is 0. The molecule has 0 aromatic rings. The summed E-state index contributed by atoms with van der Waals surface area (Å²) >= 11 is 3.99. The Bertz CT molecular complexity index is 229. The summed E-state index contributed by atoms with van der Waals surface area (Å²) in [6.45, 7) is 5.36. The Morgan fingerprint density at radius 3 is 2.62 bits per heavy atom. The molecule has 0 heterocycles. The fourth-order valence-electron chi connectivity index (χ4n) is 0.521. The van der Waals surface area contributed by atoms with Crippen molar-refractivity contribution < 1.29 is 9.53 Å². The highest BCUT2D eigenvalue weighted by Crippen LogP contribution is 1.91. The minimum atomic E-state index is -0.358. The van der Waals surface area contributed by atoms with Gasteiger partial charge in [-0.1, -0.05) is 24.8 Å². The third kappa shape index (κ3) is 7.40. The number of thiol groups is 1. The monoisotopic (exact) mass is 198 g/mol. The SMILES string of the molecule is C=C(C)C(=O)OC/C=C/C=C/CS. The van der Waals surface area contributed by atoms with Crippen LogP contribution in [0.25, 0.3) is 0 Å². The second-order valence-electron chi connectivity index (χ2n) is 2.42. The van der Waals surface area contributed by atoms with Crippen LogP contribution in [0.1, 0.15) is 6.92 Å². The lowest BCUT2D eigenvalue weighted by molar-refractivity contribution is -0.137. The molecule has 0 atom stereocenters. The Morgan fingerprint density at radius 2 is 2.08 bits per heavy atom. The average Bonchev–Trinajstić information content (AvgIpc) is 2.10. The molecule has 0 aromatic heterocycles. The van der Waals surface area contributed by atoms with Gasteiger partial charge in [-0.3, -0.25) is 0 Å². The van der Waals surface area contributed by atoms with Crippen LogP contribution in [0.3, 0.4) is 0 Å². The van der Waals surface area contributed by atoms with E-state index in [4.69, 9.17) is 4.74 Å². The number of allylic oxidation sites excluding steroid dienone is 2. The highest BCUT2D eigenvalue weighted by Gasteiger charge is 1.99. The third-order valence-electron chi connectivity index (χ3n) is 1.15. The molecule has 0 saturated heterocycles. The van der Waals surface area contributed by atoms with E-state index in [9.17, 15) is 4.79 Å². The van der Waals surface area contributed by atoms with Crippen LogP contribution in [0, 0.1) is 0 Å². The fraction of sp³-hybridized carbons (Fsp3) is 0.300. The van der Waals surface area contributed by atoms with E-state index < -0.39 is 0 Å². The first-order valence-corrected chi connectivity index (χ1v) is 4.57. The first-order valence-electron chi connectivity index (χ1n) is 3.93. The van der Waals surface area contributed by atoms with E-state index in [-0.39, 0.29) is 12.6 Å². The molecular formula is C10H14O2S. The van der Waals surface area contributed by atoms with Crippen molar-refractivity contribution in [1.29, 1.82) is 0 Å². The average molecular weight is 198 g/mol. The maximum absolute atomic E-state index is 10.8. The normalized spacial score (nSPS) is 10.9. The molecule has 0 rings (SSSR count). The molecule has 0 aliphatic heterocycles. The van der Waals surface area contributed by atoms with Gasteiger partial charge in [0.05, 0.1) is 0 Å². The largest absolute Gasteiger partial charge is 0.458 e. The standard InChI is InChI=1S/C10H14O2S/c1-9(2)10(11)12-7-5-3-4-6-8-13/h3-6,13H,1,7-8H2,2H3/b5-3+,6-4+. The number of carbonyl (C=O) groups excluding carboxylic acids is 1. The van der Waals surface area contributed by atoms with Gasteiger partial charge in [0.25, 0.3) is 0 Å². The number of hydrogen-bond acceptors (Lipinski definition) is 3. The second-order valence-corrected chi connectivity index (χ2v) is 2.78. The fourth-order valence-corrected chi connectivity index (χ4v) is 0.642. The molecule has 0 bridgehead atoms. The smallest absolute Gasteiger partial charge is 0.333 e. The Morgan fingerprint density at radius 1 is 1.46 bits per heavy atom. The zero-order chi connectivity index (χ0) is 10.1. The van der Waals surface area contributed by atoms with Crippen molar-refractivity contribution in [3.8, 4) is 0 Å². The van der Waals surface area contributed by atoms with Gasteiger partial charge in [0.1, 0.15) is 6.61 Å².